The Morgan fingerprint density at radius 1 is 0.917 bits per heavy atom. The molecule has 0 heteroatoms. The van der Waals surface area contributed by atoms with Gasteiger partial charge in [0.1, 0.15) is 0 Å². The molecular weight excluding hydrogens is 288 g/mol. The molecule has 0 bridgehead atoms. The van der Waals surface area contributed by atoms with Crippen molar-refractivity contribution in [3.05, 3.63) is 41.3 Å². The molecule has 24 heavy (non-hydrogen) atoms. The summed E-state index contributed by atoms with van der Waals surface area (Å²) in [5.41, 5.74) is 2.90. The summed E-state index contributed by atoms with van der Waals surface area (Å²) in [5.74, 6) is 7.68. The topological polar surface area (TPSA) is 0 Å². The maximum atomic E-state index is 5.46. The van der Waals surface area contributed by atoms with Gasteiger partial charge in [-0.1, -0.05) is 50.0 Å². The van der Waals surface area contributed by atoms with Crippen molar-refractivity contribution in [3.63, 3.8) is 0 Å². The Morgan fingerprint density at radius 3 is 2.00 bits per heavy atom. The van der Waals surface area contributed by atoms with E-state index in [4.69, 9.17) is 6.42 Å². The van der Waals surface area contributed by atoms with Crippen LogP contribution in [0.25, 0.3) is 0 Å². The van der Waals surface area contributed by atoms with Crippen molar-refractivity contribution in [2.24, 2.45) is 17.8 Å². The summed E-state index contributed by atoms with van der Waals surface area (Å²) in [6.07, 6.45) is 18.0. The van der Waals surface area contributed by atoms with Gasteiger partial charge in [-0.15, -0.1) is 6.42 Å². The predicted octanol–water partition coefficient (Wildman–Crippen LogP) is 6.56. The highest BCUT2D eigenvalue weighted by atomic mass is 14.4. The molecule has 1 radical (unpaired) electrons. The van der Waals surface area contributed by atoms with Crippen LogP contribution in [0.1, 0.15) is 82.3 Å². The molecule has 0 aromatic heterocycles. The first kappa shape index (κ1) is 17.6. The lowest BCUT2D eigenvalue weighted by molar-refractivity contribution is 0.165. The van der Waals surface area contributed by atoms with Crippen LogP contribution in [0.3, 0.4) is 0 Å². The fourth-order valence-electron chi connectivity index (χ4n) is 4.95. The van der Waals surface area contributed by atoms with Gasteiger partial charge in [-0.05, 0) is 86.7 Å². The average molecular weight is 322 g/mol. The normalized spacial score (nSPS) is 30.9. The van der Waals surface area contributed by atoms with Crippen molar-refractivity contribution >= 4 is 0 Å². The molecule has 0 aliphatic heterocycles. The summed E-state index contributed by atoms with van der Waals surface area (Å²) in [6, 6.07) is 9.27. The number of terminal acetylenes is 1. The van der Waals surface area contributed by atoms with Gasteiger partial charge in [0.25, 0.3) is 0 Å². The van der Waals surface area contributed by atoms with Crippen LogP contribution >= 0.6 is 0 Å². The number of hydrogen-bond acceptors (Lipinski definition) is 0. The van der Waals surface area contributed by atoms with Gasteiger partial charge in [0.2, 0.25) is 0 Å². The molecule has 0 unspecified atom stereocenters. The number of rotatable bonds is 4. The highest BCUT2D eigenvalue weighted by Crippen LogP contribution is 2.43. The van der Waals surface area contributed by atoms with E-state index in [1.165, 1.54) is 56.9 Å². The highest BCUT2D eigenvalue weighted by Gasteiger charge is 2.30. The largest absolute Gasteiger partial charge is 0.119 e. The molecule has 0 heterocycles. The molecule has 0 N–H and O–H groups in total. The van der Waals surface area contributed by atoms with Crippen molar-refractivity contribution in [2.45, 2.75) is 77.6 Å². The molecule has 0 nitrogen and oxygen atoms in total. The van der Waals surface area contributed by atoms with Gasteiger partial charge in [0.15, 0.2) is 0 Å². The van der Waals surface area contributed by atoms with Crippen molar-refractivity contribution in [1.82, 2.24) is 0 Å². The predicted molar refractivity (Wildman–Crippen MR) is 104 cm³/mol. The zero-order valence-electron chi connectivity index (χ0n) is 15.6. The Labute approximate surface area is 149 Å². The summed E-state index contributed by atoms with van der Waals surface area (Å²) >= 11 is 0. The molecule has 1 aromatic rings. The maximum absolute atomic E-state index is 5.46. The van der Waals surface area contributed by atoms with Crippen LogP contribution in [-0.2, 0) is 6.42 Å². The van der Waals surface area contributed by atoms with Crippen LogP contribution in [-0.4, -0.2) is 0 Å². The lowest BCUT2D eigenvalue weighted by atomic mass is 9.68. The summed E-state index contributed by atoms with van der Waals surface area (Å²) in [4.78, 5) is 0. The fraction of sp³-hybridized carbons (Fsp3) is 0.625. The van der Waals surface area contributed by atoms with Crippen LogP contribution in [0.2, 0.25) is 0 Å². The third kappa shape index (κ3) is 4.44. The minimum Gasteiger partial charge on any atom is -0.119 e. The van der Waals surface area contributed by atoms with Gasteiger partial charge in [-0.2, -0.15) is 0 Å². The van der Waals surface area contributed by atoms with E-state index < -0.39 is 0 Å². The molecule has 0 atom stereocenters. The van der Waals surface area contributed by atoms with Gasteiger partial charge in [0, 0.05) is 5.92 Å². The molecule has 0 amide bonds. The second-order valence-corrected chi connectivity index (χ2v) is 8.47. The molecule has 2 fully saturated rings. The average Bonchev–Trinajstić information content (AvgIpc) is 2.63. The first-order valence-corrected chi connectivity index (χ1v) is 10.0. The third-order valence-electron chi connectivity index (χ3n) is 6.67. The van der Waals surface area contributed by atoms with Crippen LogP contribution in [0.5, 0.6) is 0 Å². The zero-order chi connectivity index (χ0) is 16.9. The lowest BCUT2D eigenvalue weighted by Crippen LogP contribution is -2.24. The standard InChI is InChI=1S/C24H33/c1-4-18(2)17-20-7-11-22(12-8-20)24-15-13-23(14-16-24)21-9-5-19(3)6-10-21/h1,7-8,11-12,19,21,23-24H,5-6,9-10,13-17H2,2-3H3. The second-order valence-electron chi connectivity index (χ2n) is 8.47. The monoisotopic (exact) mass is 321 g/mol. The van der Waals surface area contributed by atoms with E-state index in [1.54, 1.807) is 5.56 Å². The van der Waals surface area contributed by atoms with Gasteiger partial charge < -0.3 is 0 Å². The quantitative estimate of drug-likeness (QED) is 0.551. The van der Waals surface area contributed by atoms with E-state index in [2.05, 4.69) is 37.1 Å². The summed E-state index contributed by atoms with van der Waals surface area (Å²) in [6.45, 7) is 4.47. The Kier molecular flexibility index (Phi) is 6.04. The van der Waals surface area contributed by atoms with Gasteiger partial charge in [-0.25, -0.2) is 0 Å². The van der Waals surface area contributed by atoms with Crippen LogP contribution in [0, 0.1) is 36.0 Å². The molecule has 2 saturated carbocycles. The van der Waals surface area contributed by atoms with E-state index in [0.29, 0.717) is 0 Å². The van der Waals surface area contributed by atoms with Crippen molar-refractivity contribution < 1.29 is 0 Å². The molecule has 129 valence electrons. The van der Waals surface area contributed by atoms with Crippen LogP contribution in [0.4, 0.5) is 0 Å². The fourth-order valence-corrected chi connectivity index (χ4v) is 4.95. The molecule has 2 aliphatic rings. The SMILES string of the molecule is C#C[C](C)Cc1ccc(C2CCC(C3CCC(C)CC3)CC2)cc1. The molecule has 3 rings (SSSR count). The summed E-state index contributed by atoms with van der Waals surface area (Å²) < 4.78 is 0. The van der Waals surface area contributed by atoms with E-state index in [0.717, 1.165) is 36.0 Å². The number of hydrogen-bond donors (Lipinski definition) is 0. The van der Waals surface area contributed by atoms with E-state index in [9.17, 15) is 0 Å². The van der Waals surface area contributed by atoms with Crippen molar-refractivity contribution in [2.75, 3.05) is 0 Å². The zero-order valence-corrected chi connectivity index (χ0v) is 15.6. The Balaban J connectivity index is 1.50. The first-order chi connectivity index (χ1) is 11.7. The Hall–Kier alpha value is -1.22. The first-order valence-electron chi connectivity index (χ1n) is 10.0. The van der Waals surface area contributed by atoms with E-state index in [1.807, 2.05) is 6.92 Å². The second kappa shape index (κ2) is 8.24. The van der Waals surface area contributed by atoms with Gasteiger partial charge >= 0.3 is 0 Å². The maximum Gasteiger partial charge on any atom is 0.0489 e. The Morgan fingerprint density at radius 2 is 1.46 bits per heavy atom. The Bertz CT molecular complexity index is 530. The summed E-state index contributed by atoms with van der Waals surface area (Å²) in [5, 5.41) is 0. The van der Waals surface area contributed by atoms with Gasteiger partial charge in [0.05, 0.1) is 0 Å². The molecule has 2 aliphatic carbocycles. The molecule has 1 aromatic carbocycles. The lowest BCUT2D eigenvalue weighted by Gasteiger charge is -2.37. The van der Waals surface area contributed by atoms with Gasteiger partial charge in [-0.3, -0.25) is 0 Å². The highest BCUT2D eigenvalue weighted by molar-refractivity contribution is 5.30. The molecular formula is C24H33. The minimum absolute atomic E-state index is 0.788. The van der Waals surface area contributed by atoms with Crippen molar-refractivity contribution in [3.8, 4) is 12.3 Å². The van der Waals surface area contributed by atoms with E-state index in [-0.39, 0.29) is 0 Å². The minimum atomic E-state index is 0.788. The van der Waals surface area contributed by atoms with Crippen molar-refractivity contribution in [1.29, 1.82) is 0 Å². The third-order valence-corrected chi connectivity index (χ3v) is 6.67. The number of benzene rings is 1. The van der Waals surface area contributed by atoms with E-state index >= 15 is 0 Å². The summed E-state index contributed by atoms with van der Waals surface area (Å²) in [7, 11) is 0. The van der Waals surface area contributed by atoms with Crippen LogP contribution < -0.4 is 0 Å². The molecule has 0 saturated heterocycles. The molecule has 0 spiro atoms. The van der Waals surface area contributed by atoms with Crippen LogP contribution in [0.15, 0.2) is 24.3 Å². The smallest absolute Gasteiger partial charge is 0.0489 e.